The highest BCUT2D eigenvalue weighted by Gasteiger charge is 2.37. The van der Waals surface area contributed by atoms with E-state index >= 15 is 0 Å². The van der Waals surface area contributed by atoms with Crippen LogP contribution in [0.1, 0.15) is 33.1 Å². The topological polar surface area (TPSA) is 72.2 Å². The van der Waals surface area contributed by atoms with Crippen molar-refractivity contribution in [1.82, 2.24) is 5.43 Å². The van der Waals surface area contributed by atoms with Gasteiger partial charge in [0.05, 0.1) is 4.75 Å². The van der Waals surface area contributed by atoms with E-state index in [0.29, 0.717) is 0 Å². The molecule has 90 valence electrons. The van der Waals surface area contributed by atoms with Crippen molar-refractivity contribution < 1.29 is 8.42 Å². The maximum absolute atomic E-state index is 11.6. The molecule has 0 fully saturated rings. The lowest BCUT2D eigenvalue weighted by atomic mass is 9.98. The number of sulfone groups is 1. The van der Waals surface area contributed by atoms with E-state index in [1.807, 2.05) is 6.08 Å². The van der Waals surface area contributed by atoms with E-state index in [4.69, 9.17) is 5.84 Å². The predicted molar refractivity (Wildman–Crippen MR) is 64.1 cm³/mol. The molecule has 3 N–H and O–H groups in total. The smallest absolute Gasteiger partial charge is 0.154 e. The average Bonchev–Trinajstić information content (AvgIpc) is 2.10. The number of allylic oxidation sites excluding steroid dienone is 1. The quantitative estimate of drug-likeness (QED) is 0.298. The van der Waals surface area contributed by atoms with Crippen molar-refractivity contribution in [1.29, 1.82) is 0 Å². The summed E-state index contributed by atoms with van der Waals surface area (Å²) < 4.78 is 22.3. The van der Waals surface area contributed by atoms with Gasteiger partial charge in [0.2, 0.25) is 0 Å². The molecule has 1 unspecified atom stereocenters. The second kappa shape index (κ2) is 5.63. The molecule has 15 heavy (non-hydrogen) atoms. The molecule has 0 aromatic rings. The van der Waals surface area contributed by atoms with Crippen LogP contribution in [0.15, 0.2) is 12.7 Å². The van der Waals surface area contributed by atoms with Crippen molar-refractivity contribution in [2.75, 3.05) is 6.26 Å². The first-order chi connectivity index (χ1) is 6.77. The van der Waals surface area contributed by atoms with Crippen LogP contribution in [-0.4, -0.2) is 25.5 Å². The fourth-order valence-electron chi connectivity index (χ4n) is 1.36. The Labute approximate surface area is 92.8 Å². The van der Waals surface area contributed by atoms with E-state index in [1.165, 1.54) is 6.26 Å². The van der Waals surface area contributed by atoms with Crippen LogP contribution in [-0.2, 0) is 9.84 Å². The van der Waals surface area contributed by atoms with Crippen molar-refractivity contribution in [3.05, 3.63) is 12.7 Å². The van der Waals surface area contributed by atoms with Gasteiger partial charge in [0.15, 0.2) is 9.84 Å². The number of unbranched alkanes of at least 4 members (excludes halogenated alkanes) is 1. The normalized spacial score (nSPS) is 14.9. The molecule has 0 bridgehead atoms. The fraction of sp³-hybridized carbons (Fsp3) is 0.800. The van der Waals surface area contributed by atoms with Crippen LogP contribution in [0.3, 0.4) is 0 Å². The summed E-state index contributed by atoms with van der Waals surface area (Å²) in [5, 5.41) is 0. The van der Waals surface area contributed by atoms with E-state index in [-0.39, 0.29) is 6.04 Å². The molecular weight excluding hydrogens is 212 g/mol. The number of hydrogen-bond donors (Lipinski definition) is 2. The molecule has 0 saturated carbocycles. The summed E-state index contributed by atoms with van der Waals surface area (Å²) >= 11 is 0. The monoisotopic (exact) mass is 234 g/mol. The molecule has 4 nitrogen and oxygen atoms in total. The van der Waals surface area contributed by atoms with Crippen LogP contribution in [0, 0.1) is 0 Å². The Balaban J connectivity index is 4.59. The highest BCUT2D eigenvalue weighted by molar-refractivity contribution is 7.92. The van der Waals surface area contributed by atoms with Crippen LogP contribution in [0.5, 0.6) is 0 Å². The SMILES string of the molecule is C=CCCCC(NN)C(C)(C)S(C)(=O)=O. The largest absolute Gasteiger partial charge is 0.271 e. The summed E-state index contributed by atoms with van der Waals surface area (Å²) in [5.74, 6) is 5.40. The van der Waals surface area contributed by atoms with Gasteiger partial charge in [-0.05, 0) is 33.1 Å². The van der Waals surface area contributed by atoms with Gasteiger partial charge in [-0.2, -0.15) is 0 Å². The molecule has 1 atom stereocenters. The summed E-state index contributed by atoms with van der Waals surface area (Å²) in [6, 6.07) is -0.229. The Kier molecular flexibility index (Phi) is 5.48. The highest BCUT2D eigenvalue weighted by atomic mass is 32.2. The number of nitrogens with two attached hydrogens (primary N) is 1. The number of hydrogen-bond acceptors (Lipinski definition) is 4. The second-order valence-corrected chi connectivity index (χ2v) is 6.91. The van der Waals surface area contributed by atoms with Gasteiger partial charge in [-0.1, -0.05) is 6.08 Å². The molecule has 0 radical (unpaired) electrons. The van der Waals surface area contributed by atoms with Crippen LogP contribution in [0.4, 0.5) is 0 Å². The number of nitrogens with one attached hydrogen (secondary N) is 1. The molecule has 0 aliphatic rings. The molecular formula is C10H22N2O2S. The molecule has 0 aliphatic carbocycles. The zero-order chi connectivity index (χ0) is 12.1. The Bertz CT molecular complexity index is 297. The summed E-state index contributed by atoms with van der Waals surface area (Å²) in [7, 11) is -3.12. The maximum Gasteiger partial charge on any atom is 0.154 e. The molecule has 5 heteroatoms. The van der Waals surface area contributed by atoms with E-state index in [1.54, 1.807) is 13.8 Å². The second-order valence-electron chi connectivity index (χ2n) is 4.31. The molecule has 0 rings (SSSR count). The highest BCUT2D eigenvalue weighted by Crippen LogP contribution is 2.23. The third-order valence-corrected chi connectivity index (χ3v) is 5.09. The molecule has 0 saturated heterocycles. The van der Waals surface area contributed by atoms with Gasteiger partial charge in [0.25, 0.3) is 0 Å². The molecule has 0 aromatic carbocycles. The van der Waals surface area contributed by atoms with Gasteiger partial charge < -0.3 is 0 Å². The average molecular weight is 234 g/mol. The maximum atomic E-state index is 11.6. The number of rotatable bonds is 7. The van der Waals surface area contributed by atoms with Crippen molar-refractivity contribution >= 4 is 9.84 Å². The van der Waals surface area contributed by atoms with Crippen LogP contribution >= 0.6 is 0 Å². The molecule has 0 aliphatic heterocycles. The van der Waals surface area contributed by atoms with Crippen molar-refractivity contribution in [2.45, 2.75) is 43.9 Å². The predicted octanol–water partition coefficient (Wildman–Crippen LogP) is 0.998. The molecule has 0 aromatic heterocycles. The van der Waals surface area contributed by atoms with Gasteiger partial charge in [-0.15, -0.1) is 6.58 Å². The van der Waals surface area contributed by atoms with E-state index in [9.17, 15) is 8.42 Å². The van der Waals surface area contributed by atoms with Gasteiger partial charge in [0.1, 0.15) is 0 Å². The summed E-state index contributed by atoms with van der Waals surface area (Å²) in [6.07, 6.45) is 5.55. The van der Waals surface area contributed by atoms with Crippen LogP contribution in [0.2, 0.25) is 0 Å². The van der Waals surface area contributed by atoms with Gasteiger partial charge in [-0.25, -0.2) is 8.42 Å². The standard InChI is InChI=1S/C10H22N2O2S/c1-5-6-7-8-9(12-11)10(2,3)15(4,13)14/h5,9,12H,1,6-8,11H2,2-4H3. The van der Waals surface area contributed by atoms with Gasteiger partial charge >= 0.3 is 0 Å². The Morgan fingerprint density at radius 3 is 2.40 bits per heavy atom. The lowest BCUT2D eigenvalue weighted by Crippen LogP contribution is -2.53. The minimum atomic E-state index is -3.12. The van der Waals surface area contributed by atoms with Crippen molar-refractivity contribution in [3.8, 4) is 0 Å². The Hall–Kier alpha value is -0.390. The summed E-state index contributed by atoms with van der Waals surface area (Å²) in [4.78, 5) is 0. The van der Waals surface area contributed by atoms with Crippen molar-refractivity contribution in [3.63, 3.8) is 0 Å². The zero-order valence-electron chi connectivity index (χ0n) is 9.79. The first-order valence-corrected chi connectivity index (χ1v) is 6.93. The van der Waals surface area contributed by atoms with Gasteiger partial charge in [0, 0.05) is 12.3 Å². The lowest BCUT2D eigenvalue weighted by Gasteiger charge is -2.32. The lowest BCUT2D eigenvalue weighted by molar-refractivity contribution is 0.387. The summed E-state index contributed by atoms with van der Waals surface area (Å²) in [6.45, 7) is 7.01. The van der Waals surface area contributed by atoms with Crippen LogP contribution in [0.25, 0.3) is 0 Å². The minimum Gasteiger partial charge on any atom is -0.271 e. The zero-order valence-corrected chi connectivity index (χ0v) is 10.6. The third kappa shape index (κ3) is 3.93. The molecule has 0 spiro atoms. The molecule has 0 heterocycles. The number of hydrazine groups is 1. The van der Waals surface area contributed by atoms with E-state index in [0.717, 1.165) is 19.3 Å². The van der Waals surface area contributed by atoms with E-state index < -0.39 is 14.6 Å². The fourth-order valence-corrected chi connectivity index (χ4v) is 2.06. The minimum absolute atomic E-state index is 0.229. The van der Waals surface area contributed by atoms with Gasteiger partial charge in [-0.3, -0.25) is 11.3 Å². The Morgan fingerprint density at radius 1 is 1.53 bits per heavy atom. The third-order valence-electron chi connectivity index (χ3n) is 2.90. The summed E-state index contributed by atoms with van der Waals surface area (Å²) in [5.41, 5.74) is 2.59. The first kappa shape index (κ1) is 14.6. The first-order valence-electron chi connectivity index (χ1n) is 5.04. The Morgan fingerprint density at radius 2 is 2.07 bits per heavy atom. The van der Waals surface area contributed by atoms with Crippen LogP contribution < -0.4 is 11.3 Å². The van der Waals surface area contributed by atoms with Crippen molar-refractivity contribution in [2.24, 2.45) is 5.84 Å². The van der Waals surface area contributed by atoms with E-state index in [2.05, 4.69) is 12.0 Å². The molecule has 0 amide bonds.